The van der Waals surface area contributed by atoms with Gasteiger partial charge in [-0.15, -0.1) is 0 Å². The van der Waals surface area contributed by atoms with E-state index in [1.807, 2.05) is 0 Å². The molecular formula is C12H10BrF3N2O3. The number of rotatable bonds is 1. The van der Waals surface area contributed by atoms with E-state index in [0.717, 1.165) is 12.1 Å². The number of alkyl halides is 3. The van der Waals surface area contributed by atoms with Crippen LogP contribution in [-0.4, -0.2) is 38.7 Å². The standard InChI is InChI=1S/C12H10BrF3N2O3/c1-6-5-11(21,12(14,15)16)18(17-6)10(20)8-4-7(13)2-3-9(8)19/h2-4,19,21H,5H2,1H3/t11-/m1/s1. The first-order chi connectivity index (χ1) is 9.56. The summed E-state index contributed by atoms with van der Waals surface area (Å²) in [7, 11) is 0. The van der Waals surface area contributed by atoms with E-state index < -0.39 is 35.5 Å². The number of hydrogen-bond acceptors (Lipinski definition) is 4. The van der Waals surface area contributed by atoms with E-state index in [2.05, 4.69) is 21.0 Å². The topological polar surface area (TPSA) is 73.1 Å². The first kappa shape index (κ1) is 15.8. The van der Waals surface area contributed by atoms with E-state index in [1.165, 1.54) is 13.0 Å². The second-order valence-electron chi connectivity index (χ2n) is 4.60. The molecular weight excluding hydrogens is 357 g/mol. The highest BCUT2D eigenvalue weighted by atomic mass is 79.9. The number of aliphatic hydroxyl groups is 1. The molecule has 0 saturated carbocycles. The van der Waals surface area contributed by atoms with Crippen LogP contribution in [0.4, 0.5) is 13.2 Å². The molecule has 0 bridgehead atoms. The summed E-state index contributed by atoms with van der Waals surface area (Å²) < 4.78 is 39.5. The molecule has 5 nitrogen and oxygen atoms in total. The second-order valence-corrected chi connectivity index (χ2v) is 5.52. The average molecular weight is 367 g/mol. The molecule has 114 valence electrons. The van der Waals surface area contributed by atoms with Crippen molar-refractivity contribution in [1.82, 2.24) is 5.01 Å². The predicted molar refractivity (Wildman–Crippen MR) is 70.7 cm³/mol. The number of benzene rings is 1. The number of carbonyl (C=O) groups is 1. The summed E-state index contributed by atoms with van der Waals surface area (Å²) in [6.45, 7) is 1.27. The van der Waals surface area contributed by atoms with Crippen molar-refractivity contribution in [2.75, 3.05) is 0 Å². The van der Waals surface area contributed by atoms with E-state index in [4.69, 9.17) is 0 Å². The smallest absolute Gasteiger partial charge is 0.438 e. The molecule has 1 aromatic carbocycles. The Kier molecular flexibility index (Phi) is 3.75. The lowest BCUT2D eigenvalue weighted by Gasteiger charge is -2.32. The van der Waals surface area contributed by atoms with Crippen LogP contribution in [0, 0.1) is 0 Å². The molecule has 1 heterocycles. The molecule has 2 N–H and O–H groups in total. The van der Waals surface area contributed by atoms with Gasteiger partial charge in [0.25, 0.3) is 11.6 Å². The summed E-state index contributed by atoms with van der Waals surface area (Å²) in [5.41, 5.74) is -3.86. The zero-order valence-corrected chi connectivity index (χ0v) is 12.2. The lowest BCUT2D eigenvalue weighted by atomic mass is 10.1. The molecule has 0 radical (unpaired) electrons. The SMILES string of the molecule is CC1=NN(C(=O)c2cc(Br)ccc2O)[C@](O)(C(F)(F)F)C1. The monoisotopic (exact) mass is 366 g/mol. The zero-order chi connectivity index (χ0) is 16.0. The van der Waals surface area contributed by atoms with Crippen LogP contribution in [0.3, 0.4) is 0 Å². The van der Waals surface area contributed by atoms with Crippen molar-refractivity contribution in [3.8, 4) is 5.75 Å². The van der Waals surface area contributed by atoms with E-state index in [1.54, 1.807) is 0 Å². The molecule has 21 heavy (non-hydrogen) atoms. The predicted octanol–water partition coefficient (Wildman–Crippen LogP) is 2.63. The van der Waals surface area contributed by atoms with Crippen LogP contribution in [0.1, 0.15) is 23.7 Å². The van der Waals surface area contributed by atoms with Crippen LogP contribution in [0.15, 0.2) is 27.8 Å². The van der Waals surface area contributed by atoms with Gasteiger partial charge in [0.2, 0.25) is 0 Å². The quantitative estimate of drug-likeness (QED) is 0.802. The van der Waals surface area contributed by atoms with Crippen LogP contribution in [-0.2, 0) is 0 Å². The lowest BCUT2D eigenvalue weighted by Crippen LogP contribution is -2.56. The molecule has 1 aliphatic heterocycles. The van der Waals surface area contributed by atoms with Gasteiger partial charge in [0.05, 0.1) is 5.56 Å². The van der Waals surface area contributed by atoms with E-state index >= 15 is 0 Å². The minimum atomic E-state index is -5.08. The molecule has 1 aliphatic rings. The molecule has 0 fully saturated rings. The van der Waals surface area contributed by atoms with Crippen molar-refractivity contribution in [2.45, 2.75) is 25.2 Å². The first-order valence-corrected chi connectivity index (χ1v) is 6.52. The van der Waals surface area contributed by atoms with Crippen LogP contribution in [0.2, 0.25) is 0 Å². The van der Waals surface area contributed by atoms with Gasteiger partial charge in [0.15, 0.2) is 0 Å². The summed E-state index contributed by atoms with van der Waals surface area (Å²) in [5.74, 6) is -1.75. The Labute approximate surface area is 125 Å². The number of hydrazone groups is 1. The number of hydrogen-bond donors (Lipinski definition) is 2. The fraction of sp³-hybridized carbons (Fsp3) is 0.333. The highest BCUT2D eigenvalue weighted by Gasteiger charge is 2.62. The summed E-state index contributed by atoms with van der Waals surface area (Å²) >= 11 is 3.05. The van der Waals surface area contributed by atoms with Gasteiger partial charge >= 0.3 is 6.18 Å². The number of amides is 1. The first-order valence-electron chi connectivity index (χ1n) is 5.72. The number of phenols is 1. The number of halogens is 4. The Morgan fingerprint density at radius 2 is 2.10 bits per heavy atom. The summed E-state index contributed by atoms with van der Waals surface area (Å²) in [4.78, 5) is 12.2. The zero-order valence-electron chi connectivity index (χ0n) is 10.6. The number of carbonyl (C=O) groups excluding carboxylic acids is 1. The maximum Gasteiger partial charge on any atom is 0.438 e. The van der Waals surface area contributed by atoms with Crippen molar-refractivity contribution < 1.29 is 28.2 Å². The second kappa shape index (κ2) is 4.99. The van der Waals surface area contributed by atoms with Crippen molar-refractivity contribution in [3.63, 3.8) is 0 Å². The molecule has 0 aromatic heterocycles. The Hall–Kier alpha value is -1.61. The van der Waals surface area contributed by atoms with Crippen LogP contribution in [0.5, 0.6) is 5.75 Å². The van der Waals surface area contributed by atoms with Crippen molar-refractivity contribution in [3.05, 3.63) is 28.2 Å². The van der Waals surface area contributed by atoms with Crippen LogP contribution < -0.4 is 0 Å². The molecule has 2 rings (SSSR count). The van der Waals surface area contributed by atoms with Gasteiger partial charge in [0.1, 0.15) is 5.75 Å². The Bertz CT molecular complexity index is 633. The van der Waals surface area contributed by atoms with Crippen molar-refractivity contribution >= 4 is 27.5 Å². The van der Waals surface area contributed by atoms with Gasteiger partial charge in [-0.2, -0.15) is 23.3 Å². The van der Waals surface area contributed by atoms with Gasteiger partial charge in [-0.25, -0.2) is 0 Å². The minimum absolute atomic E-state index is 0.0379. The summed E-state index contributed by atoms with van der Waals surface area (Å²) in [6, 6.07) is 3.72. The summed E-state index contributed by atoms with van der Waals surface area (Å²) in [6.07, 6.45) is -5.91. The average Bonchev–Trinajstić information content (AvgIpc) is 2.67. The van der Waals surface area contributed by atoms with Gasteiger partial charge in [-0.05, 0) is 25.1 Å². The Morgan fingerprint density at radius 1 is 1.48 bits per heavy atom. The molecule has 0 unspecified atom stereocenters. The molecule has 0 aliphatic carbocycles. The number of phenolic OH excluding ortho intramolecular Hbond substituents is 1. The van der Waals surface area contributed by atoms with E-state index in [9.17, 15) is 28.2 Å². The highest BCUT2D eigenvalue weighted by Crippen LogP contribution is 2.41. The largest absolute Gasteiger partial charge is 0.507 e. The molecule has 1 aromatic rings. The molecule has 9 heteroatoms. The van der Waals surface area contributed by atoms with Crippen LogP contribution in [0.25, 0.3) is 0 Å². The summed E-state index contributed by atoms with van der Waals surface area (Å²) in [5, 5.41) is 22.9. The normalized spacial score (nSPS) is 22.4. The van der Waals surface area contributed by atoms with Gasteiger partial charge in [-0.3, -0.25) is 4.79 Å². The molecule has 1 amide bonds. The fourth-order valence-electron chi connectivity index (χ4n) is 1.95. The third-order valence-electron chi connectivity index (χ3n) is 2.96. The Balaban J connectivity index is 2.48. The third kappa shape index (κ3) is 2.62. The minimum Gasteiger partial charge on any atom is -0.507 e. The van der Waals surface area contributed by atoms with E-state index in [0.29, 0.717) is 4.47 Å². The van der Waals surface area contributed by atoms with Crippen molar-refractivity contribution in [2.24, 2.45) is 5.10 Å². The molecule has 1 atom stereocenters. The maximum atomic E-state index is 13.0. The fourth-order valence-corrected chi connectivity index (χ4v) is 2.31. The Morgan fingerprint density at radius 3 is 2.67 bits per heavy atom. The molecule has 0 saturated heterocycles. The van der Waals surface area contributed by atoms with E-state index in [-0.39, 0.29) is 10.7 Å². The third-order valence-corrected chi connectivity index (χ3v) is 3.45. The van der Waals surface area contributed by atoms with Crippen molar-refractivity contribution in [1.29, 1.82) is 0 Å². The number of aromatic hydroxyl groups is 1. The van der Waals surface area contributed by atoms with Gasteiger partial charge in [-0.1, -0.05) is 15.9 Å². The maximum absolute atomic E-state index is 13.0. The van der Waals surface area contributed by atoms with Crippen LogP contribution >= 0.6 is 15.9 Å². The van der Waals surface area contributed by atoms with Gasteiger partial charge in [0, 0.05) is 16.6 Å². The molecule has 0 spiro atoms. The highest BCUT2D eigenvalue weighted by molar-refractivity contribution is 9.10. The number of nitrogens with zero attached hydrogens (tertiary/aromatic N) is 2. The van der Waals surface area contributed by atoms with Gasteiger partial charge < -0.3 is 10.2 Å². The lowest BCUT2D eigenvalue weighted by molar-refractivity contribution is -0.297.